The van der Waals surface area contributed by atoms with Gasteiger partial charge in [0, 0.05) is 5.56 Å². The van der Waals surface area contributed by atoms with Crippen LogP contribution in [0.4, 0.5) is 4.39 Å². The summed E-state index contributed by atoms with van der Waals surface area (Å²) < 4.78 is 45.3. The van der Waals surface area contributed by atoms with Crippen LogP contribution in [-0.2, 0) is 19.6 Å². The largest absolute Gasteiger partial charge is 0.453 e. The van der Waals surface area contributed by atoms with Crippen LogP contribution in [0, 0.1) is 11.7 Å². The molecule has 0 bridgehead atoms. The monoisotopic (exact) mass is 413 g/mol. The lowest BCUT2D eigenvalue weighted by Gasteiger charge is -2.22. The van der Waals surface area contributed by atoms with Gasteiger partial charge in [-0.2, -0.15) is 4.72 Å². The summed E-state index contributed by atoms with van der Waals surface area (Å²) in [7, 11) is -3.88. The van der Waals surface area contributed by atoms with Crippen LogP contribution in [0.5, 0.6) is 0 Å². The quantitative estimate of drug-likeness (QED) is 0.531. The molecule has 2 aromatic rings. The summed E-state index contributed by atoms with van der Waals surface area (Å²) in [6, 6.07) is 6.72. The van der Waals surface area contributed by atoms with Gasteiger partial charge in [0.15, 0.2) is 6.10 Å². The zero-order chi connectivity index (χ0) is 20.2. The zero-order valence-electron chi connectivity index (χ0n) is 15.0. The van der Waals surface area contributed by atoms with Crippen LogP contribution in [-0.4, -0.2) is 32.3 Å². The number of thiophene rings is 1. The third-order valence-corrected chi connectivity index (χ3v) is 6.59. The van der Waals surface area contributed by atoms with E-state index in [2.05, 4.69) is 4.72 Å². The highest BCUT2D eigenvalue weighted by Crippen LogP contribution is 2.18. The minimum absolute atomic E-state index is 0.0800. The number of halogens is 1. The molecule has 1 N–H and O–H groups in total. The number of ketones is 1. The summed E-state index contributed by atoms with van der Waals surface area (Å²) in [5, 5.41) is 1.61. The molecule has 2 atom stereocenters. The molecule has 1 heterocycles. The molecule has 0 saturated carbocycles. The molecule has 0 fully saturated rings. The number of carbonyl (C=O) groups is 2. The fourth-order valence-electron chi connectivity index (χ4n) is 2.25. The van der Waals surface area contributed by atoms with Gasteiger partial charge in [-0.15, -0.1) is 11.3 Å². The molecule has 0 amide bonds. The molecule has 9 heteroatoms. The van der Waals surface area contributed by atoms with Crippen molar-refractivity contribution >= 4 is 33.1 Å². The Kier molecular flexibility index (Phi) is 6.85. The van der Waals surface area contributed by atoms with E-state index in [1.807, 2.05) is 0 Å². The molecule has 0 spiro atoms. The molecule has 1 aromatic carbocycles. The van der Waals surface area contributed by atoms with Gasteiger partial charge in [0.05, 0.1) is 0 Å². The SMILES string of the molecule is CC(C)[C@@H](NS(=O)(=O)c1cccs1)C(=O)O[C@H](C)C(=O)c1ccc(F)cc1. The predicted molar refractivity (Wildman–Crippen MR) is 99.6 cm³/mol. The number of rotatable bonds is 8. The molecule has 0 radical (unpaired) electrons. The van der Waals surface area contributed by atoms with Crippen molar-refractivity contribution in [1.29, 1.82) is 0 Å². The van der Waals surface area contributed by atoms with Gasteiger partial charge in [-0.3, -0.25) is 9.59 Å². The highest BCUT2D eigenvalue weighted by atomic mass is 32.2. The topological polar surface area (TPSA) is 89.5 Å². The highest BCUT2D eigenvalue weighted by molar-refractivity contribution is 7.91. The fourth-order valence-corrected chi connectivity index (χ4v) is 4.59. The molecule has 146 valence electrons. The first-order valence-electron chi connectivity index (χ1n) is 8.18. The van der Waals surface area contributed by atoms with E-state index in [-0.39, 0.29) is 9.77 Å². The lowest BCUT2D eigenvalue weighted by molar-refractivity contribution is -0.149. The summed E-state index contributed by atoms with van der Waals surface area (Å²) in [6.07, 6.45) is -1.14. The normalized spacial score (nSPS) is 14.0. The van der Waals surface area contributed by atoms with Crippen LogP contribution >= 0.6 is 11.3 Å². The second kappa shape index (κ2) is 8.73. The third-order valence-electron chi connectivity index (χ3n) is 3.75. The van der Waals surface area contributed by atoms with E-state index in [9.17, 15) is 22.4 Å². The smallest absolute Gasteiger partial charge is 0.325 e. The Balaban J connectivity index is 2.10. The first kappa shape index (κ1) is 21.2. The summed E-state index contributed by atoms with van der Waals surface area (Å²) in [4.78, 5) is 24.8. The van der Waals surface area contributed by atoms with E-state index in [1.165, 1.54) is 25.1 Å². The lowest BCUT2D eigenvalue weighted by atomic mass is 10.1. The average molecular weight is 413 g/mol. The van der Waals surface area contributed by atoms with E-state index in [4.69, 9.17) is 4.74 Å². The van der Waals surface area contributed by atoms with Gasteiger partial charge in [-0.25, -0.2) is 12.8 Å². The van der Waals surface area contributed by atoms with Crippen molar-refractivity contribution in [3.05, 3.63) is 53.2 Å². The van der Waals surface area contributed by atoms with Crippen LogP contribution in [0.15, 0.2) is 46.0 Å². The summed E-state index contributed by atoms with van der Waals surface area (Å²) in [5.41, 5.74) is 0.192. The molecule has 1 aromatic heterocycles. The van der Waals surface area contributed by atoms with Crippen LogP contribution in [0.3, 0.4) is 0 Å². The molecule has 0 aliphatic carbocycles. The number of sulfonamides is 1. The Morgan fingerprint density at radius 3 is 2.26 bits per heavy atom. The van der Waals surface area contributed by atoms with Crippen molar-refractivity contribution in [2.24, 2.45) is 5.92 Å². The maximum absolute atomic E-state index is 13.0. The van der Waals surface area contributed by atoms with Crippen LogP contribution in [0.2, 0.25) is 0 Å². The number of esters is 1. The van der Waals surface area contributed by atoms with Crippen molar-refractivity contribution in [2.75, 3.05) is 0 Å². The van der Waals surface area contributed by atoms with Gasteiger partial charge in [0.2, 0.25) is 5.78 Å². The Hall–Kier alpha value is -2.10. The van der Waals surface area contributed by atoms with E-state index in [0.29, 0.717) is 0 Å². The van der Waals surface area contributed by atoms with Crippen LogP contribution < -0.4 is 4.72 Å². The van der Waals surface area contributed by atoms with E-state index in [0.717, 1.165) is 23.5 Å². The average Bonchev–Trinajstić information content (AvgIpc) is 3.15. The molecule has 0 saturated heterocycles. The maximum Gasteiger partial charge on any atom is 0.325 e. The van der Waals surface area contributed by atoms with Crippen molar-refractivity contribution in [3.8, 4) is 0 Å². The molecular weight excluding hydrogens is 393 g/mol. The fraction of sp³-hybridized carbons (Fsp3) is 0.333. The van der Waals surface area contributed by atoms with Crippen molar-refractivity contribution in [1.82, 2.24) is 4.72 Å². The number of Topliss-reactive ketones (excluding diaryl/α,β-unsaturated/α-hetero) is 1. The molecule has 0 unspecified atom stereocenters. The van der Waals surface area contributed by atoms with Gasteiger partial charge in [0.1, 0.15) is 16.1 Å². The van der Waals surface area contributed by atoms with Gasteiger partial charge >= 0.3 is 5.97 Å². The number of carbonyl (C=O) groups excluding carboxylic acids is 2. The number of hydrogen-bond donors (Lipinski definition) is 1. The first-order chi connectivity index (χ1) is 12.6. The van der Waals surface area contributed by atoms with Crippen molar-refractivity contribution in [2.45, 2.75) is 37.1 Å². The van der Waals surface area contributed by atoms with Gasteiger partial charge < -0.3 is 4.74 Å². The lowest BCUT2D eigenvalue weighted by Crippen LogP contribution is -2.46. The number of hydrogen-bond acceptors (Lipinski definition) is 6. The van der Waals surface area contributed by atoms with Crippen molar-refractivity contribution < 1.29 is 27.1 Å². The van der Waals surface area contributed by atoms with Gasteiger partial charge in [-0.1, -0.05) is 19.9 Å². The Labute approximate surface area is 161 Å². The predicted octanol–water partition coefficient (Wildman–Crippen LogP) is 3.00. The minimum Gasteiger partial charge on any atom is -0.453 e. The zero-order valence-corrected chi connectivity index (χ0v) is 16.6. The summed E-state index contributed by atoms with van der Waals surface area (Å²) in [5.74, 6) is -2.25. The Morgan fingerprint density at radius 2 is 1.74 bits per heavy atom. The van der Waals surface area contributed by atoms with E-state index < -0.39 is 45.7 Å². The van der Waals surface area contributed by atoms with Gasteiger partial charge in [0.25, 0.3) is 10.0 Å². The molecule has 0 aliphatic heterocycles. The Morgan fingerprint density at radius 1 is 1.11 bits per heavy atom. The summed E-state index contributed by atoms with van der Waals surface area (Å²) >= 11 is 1.03. The van der Waals surface area contributed by atoms with Crippen molar-refractivity contribution in [3.63, 3.8) is 0 Å². The van der Waals surface area contributed by atoms with E-state index >= 15 is 0 Å². The van der Waals surface area contributed by atoms with Crippen LogP contribution in [0.1, 0.15) is 31.1 Å². The minimum atomic E-state index is -3.88. The van der Waals surface area contributed by atoms with Crippen LogP contribution in [0.25, 0.3) is 0 Å². The summed E-state index contributed by atoms with van der Waals surface area (Å²) in [6.45, 7) is 4.71. The number of nitrogens with one attached hydrogen (secondary N) is 1. The standard InChI is InChI=1S/C18H20FNO5S2/c1-11(2)16(20-27(23,24)15-5-4-10-26-15)18(22)25-12(3)17(21)13-6-8-14(19)9-7-13/h4-12,16,20H,1-3H3/t12-,16-/m1/s1. The molecule has 27 heavy (non-hydrogen) atoms. The first-order valence-corrected chi connectivity index (χ1v) is 10.5. The van der Waals surface area contributed by atoms with Gasteiger partial charge in [-0.05, 0) is 48.6 Å². The second-order valence-electron chi connectivity index (χ2n) is 6.23. The number of benzene rings is 1. The Bertz CT molecular complexity index is 892. The maximum atomic E-state index is 13.0. The molecular formula is C18H20FNO5S2. The third kappa shape index (κ3) is 5.44. The highest BCUT2D eigenvalue weighted by Gasteiger charge is 2.32. The second-order valence-corrected chi connectivity index (χ2v) is 9.11. The molecule has 2 rings (SSSR count). The van der Waals surface area contributed by atoms with E-state index in [1.54, 1.807) is 25.3 Å². The molecule has 0 aliphatic rings. The number of ether oxygens (including phenoxy) is 1. The molecule has 6 nitrogen and oxygen atoms in total.